The van der Waals surface area contributed by atoms with Gasteiger partial charge in [0.1, 0.15) is 18.7 Å². The molecule has 0 saturated heterocycles. The first-order valence-corrected chi connectivity index (χ1v) is 9.72. The number of carbonyl (C=O) groups is 3. The minimum absolute atomic E-state index is 0.0459. The lowest BCUT2D eigenvalue weighted by Crippen LogP contribution is -2.53. The van der Waals surface area contributed by atoms with Crippen molar-refractivity contribution < 1.29 is 19.2 Å². The van der Waals surface area contributed by atoms with Gasteiger partial charge >= 0.3 is 0 Å². The van der Waals surface area contributed by atoms with Gasteiger partial charge in [0.2, 0.25) is 17.7 Å². The summed E-state index contributed by atoms with van der Waals surface area (Å²) in [4.78, 5) is 50.6. The van der Waals surface area contributed by atoms with Crippen LogP contribution in [0.1, 0.15) is 53.5 Å². The normalized spacial score (nSPS) is 12.0. The molecule has 3 N–H and O–H groups in total. The Balaban J connectivity index is 0.00000379. The third-order valence-electron chi connectivity index (χ3n) is 3.84. The predicted octanol–water partition coefficient (Wildman–Crippen LogP) is 2.90. The molecule has 2 atom stereocenters. The fourth-order valence-corrected chi connectivity index (χ4v) is 2.21. The van der Waals surface area contributed by atoms with Crippen LogP contribution in [-0.2, 0) is 25.8 Å². The highest BCUT2D eigenvalue weighted by atomic mass is 16.7. The van der Waals surface area contributed by atoms with Gasteiger partial charge in [0.25, 0.3) is 0 Å². The highest BCUT2D eigenvalue weighted by Gasteiger charge is 2.26. The average molecular weight is 408 g/mol. The van der Waals surface area contributed by atoms with E-state index in [1.54, 1.807) is 38.1 Å². The molecule has 0 fully saturated rings. The molecule has 0 heterocycles. The molecule has 0 bridgehead atoms. The number of hydrogen-bond acceptors (Lipinski definition) is 6. The second kappa shape index (κ2) is 14.1. The number of hydrogen-bond donors (Lipinski definition) is 3. The quantitative estimate of drug-likeness (QED) is 0.405. The summed E-state index contributed by atoms with van der Waals surface area (Å²) in [6, 6.07) is 5.15. The van der Waals surface area contributed by atoms with Crippen molar-refractivity contribution in [3.63, 3.8) is 0 Å². The molecular formula is C20H32N4O5. The van der Waals surface area contributed by atoms with Crippen LogP contribution in [0.4, 0.5) is 5.69 Å². The molecule has 0 radical (unpaired) electrons. The van der Waals surface area contributed by atoms with Crippen LogP contribution in [0, 0.1) is 10.8 Å². The minimum atomic E-state index is -0.792. The van der Waals surface area contributed by atoms with Crippen LogP contribution >= 0.6 is 0 Å². The molecule has 29 heavy (non-hydrogen) atoms. The smallest absolute Gasteiger partial charge is 0.246 e. The van der Waals surface area contributed by atoms with E-state index in [0.717, 1.165) is 5.56 Å². The van der Waals surface area contributed by atoms with E-state index in [1.807, 2.05) is 27.7 Å². The van der Waals surface area contributed by atoms with E-state index >= 15 is 0 Å². The summed E-state index contributed by atoms with van der Waals surface area (Å²) >= 11 is 0. The first-order chi connectivity index (χ1) is 13.8. The van der Waals surface area contributed by atoms with Crippen molar-refractivity contribution in [3.05, 3.63) is 34.7 Å². The first kappa shape index (κ1) is 26.0. The Hall–Kier alpha value is -2.97. The lowest BCUT2D eigenvalue weighted by Gasteiger charge is -2.23. The van der Waals surface area contributed by atoms with Crippen molar-refractivity contribution in [2.75, 3.05) is 5.32 Å². The number of anilines is 1. The van der Waals surface area contributed by atoms with Gasteiger partial charge in [-0.15, -0.1) is 4.91 Å². The van der Waals surface area contributed by atoms with Gasteiger partial charge in [-0.3, -0.25) is 14.4 Å². The molecule has 0 aromatic heterocycles. The van der Waals surface area contributed by atoms with E-state index in [9.17, 15) is 19.3 Å². The molecule has 1 aromatic rings. The topological polar surface area (TPSA) is 126 Å². The fraction of sp³-hybridized carbons (Fsp3) is 0.550. The predicted molar refractivity (Wildman–Crippen MR) is 112 cm³/mol. The number of carbonyl (C=O) groups excluding carboxylic acids is 3. The monoisotopic (exact) mass is 408 g/mol. The van der Waals surface area contributed by atoms with Crippen LogP contribution in [0.3, 0.4) is 0 Å². The van der Waals surface area contributed by atoms with Crippen LogP contribution in [0.2, 0.25) is 0 Å². The molecule has 0 aliphatic rings. The van der Waals surface area contributed by atoms with Crippen molar-refractivity contribution in [1.29, 1.82) is 0 Å². The Morgan fingerprint density at radius 2 is 1.59 bits per heavy atom. The number of rotatable bonds is 10. The summed E-state index contributed by atoms with van der Waals surface area (Å²) in [7, 11) is 0. The van der Waals surface area contributed by atoms with Gasteiger partial charge < -0.3 is 20.8 Å². The van der Waals surface area contributed by atoms with Crippen molar-refractivity contribution in [2.24, 2.45) is 11.3 Å². The van der Waals surface area contributed by atoms with Gasteiger partial charge in [-0.1, -0.05) is 46.8 Å². The first-order valence-electron chi connectivity index (χ1n) is 9.72. The number of benzene rings is 1. The largest absolute Gasteiger partial charge is 0.359 e. The molecule has 0 aliphatic carbocycles. The molecule has 2 unspecified atom stereocenters. The van der Waals surface area contributed by atoms with Crippen LogP contribution in [-0.4, -0.2) is 29.8 Å². The Labute approximate surface area is 171 Å². The van der Waals surface area contributed by atoms with E-state index in [2.05, 4.69) is 26.1 Å². The Morgan fingerprint density at radius 3 is 2.07 bits per heavy atom. The third-order valence-corrected chi connectivity index (χ3v) is 3.84. The summed E-state index contributed by atoms with van der Waals surface area (Å²) in [5.74, 6) is -1.16. The summed E-state index contributed by atoms with van der Waals surface area (Å²) in [6.07, 6.45) is 0.274. The van der Waals surface area contributed by atoms with E-state index in [-0.39, 0.29) is 24.9 Å². The van der Waals surface area contributed by atoms with Crippen LogP contribution < -0.4 is 16.0 Å². The molecule has 9 heteroatoms. The maximum absolute atomic E-state index is 12.4. The zero-order valence-electron chi connectivity index (χ0n) is 17.9. The fourth-order valence-electron chi connectivity index (χ4n) is 2.21. The molecule has 1 rings (SSSR count). The number of nitrogens with one attached hydrogen (secondary N) is 3. The van der Waals surface area contributed by atoms with Crippen molar-refractivity contribution in [1.82, 2.24) is 10.6 Å². The highest BCUT2D eigenvalue weighted by molar-refractivity contribution is 5.98. The zero-order chi connectivity index (χ0) is 22.4. The highest BCUT2D eigenvalue weighted by Crippen LogP contribution is 2.11. The Bertz CT molecular complexity index is 661. The molecule has 162 valence electrons. The maximum Gasteiger partial charge on any atom is 0.246 e. The maximum atomic E-state index is 12.4. The van der Waals surface area contributed by atoms with E-state index in [0.29, 0.717) is 5.69 Å². The van der Waals surface area contributed by atoms with E-state index in [1.165, 1.54) is 0 Å². The minimum Gasteiger partial charge on any atom is -0.359 e. The van der Waals surface area contributed by atoms with Crippen molar-refractivity contribution in [2.45, 2.75) is 66.7 Å². The summed E-state index contributed by atoms with van der Waals surface area (Å²) in [5.41, 5.74) is 1.25. The molecule has 3 amide bonds. The second-order valence-corrected chi connectivity index (χ2v) is 6.41. The lowest BCUT2D eigenvalue weighted by atomic mass is 10.0. The number of nitrogens with zero attached hydrogens (tertiary/aromatic N) is 1. The van der Waals surface area contributed by atoms with Gasteiger partial charge in [0.05, 0.1) is 0 Å². The number of amides is 3. The van der Waals surface area contributed by atoms with E-state index < -0.39 is 23.9 Å². The van der Waals surface area contributed by atoms with Crippen LogP contribution in [0.15, 0.2) is 29.6 Å². The Morgan fingerprint density at radius 1 is 1.00 bits per heavy atom. The Kier molecular flexibility index (Phi) is 12.6. The van der Waals surface area contributed by atoms with Gasteiger partial charge in [-0.2, -0.15) is 0 Å². The lowest BCUT2D eigenvalue weighted by molar-refractivity contribution is -0.131. The average Bonchev–Trinajstić information content (AvgIpc) is 2.72. The summed E-state index contributed by atoms with van der Waals surface area (Å²) in [6.45, 7) is 10.9. The van der Waals surface area contributed by atoms with E-state index in [4.69, 9.17) is 0 Å². The molecule has 0 spiro atoms. The third kappa shape index (κ3) is 9.68. The zero-order valence-corrected chi connectivity index (χ0v) is 17.9. The standard InChI is InChI=1S/C18H26N4O5.C2H6/c1-5-15(23)21-16(11(2)3)18(25)19-12(4)17(24)20-14-8-6-13(7-9-14)10-27-22-26;1-2/h6-9,11-12,16H,5,10H2,1-4H3,(H,19,25)(H,20,24)(H,21,23);1-2H3. The van der Waals surface area contributed by atoms with Crippen molar-refractivity contribution in [3.8, 4) is 0 Å². The second-order valence-electron chi connectivity index (χ2n) is 6.41. The summed E-state index contributed by atoms with van der Waals surface area (Å²) < 4.78 is 0. The molecule has 0 saturated carbocycles. The van der Waals surface area contributed by atoms with Crippen LogP contribution in [0.5, 0.6) is 0 Å². The van der Waals surface area contributed by atoms with Gasteiger partial charge in [-0.05, 0) is 30.5 Å². The van der Waals surface area contributed by atoms with Gasteiger partial charge in [0, 0.05) is 12.1 Å². The molecule has 0 aliphatic heterocycles. The van der Waals surface area contributed by atoms with Gasteiger partial charge in [0.15, 0.2) is 5.34 Å². The van der Waals surface area contributed by atoms with Crippen molar-refractivity contribution >= 4 is 23.4 Å². The molecule has 9 nitrogen and oxygen atoms in total. The van der Waals surface area contributed by atoms with Crippen LogP contribution in [0.25, 0.3) is 0 Å². The summed E-state index contributed by atoms with van der Waals surface area (Å²) in [5, 5.41) is 10.3. The molecular weight excluding hydrogens is 376 g/mol. The van der Waals surface area contributed by atoms with Gasteiger partial charge in [-0.25, -0.2) is 0 Å². The SMILES string of the molecule is CC.CCC(=O)NC(C(=O)NC(C)C(=O)Nc1ccc(CON=O)cc1)C(C)C. The molecule has 1 aromatic carbocycles.